The maximum Gasteiger partial charge on any atom is 0.225 e. The standard InChI is InChI=1S/C9H9ClN4/c1-14(2)8-7-6(4-3-5-11-7)12-9(10)13-8/h3-5H,1-2H3. The molecular weight excluding hydrogens is 200 g/mol. The van der Waals surface area contributed by atoms with E-state index in [9.17, 15) is 0 Å². The van der Waals surface area contributed by atoms with E-state index >= 15 is 0 Å². The molecule has 0 spiro atoms. The summed E-state index contributed by atoms with van der Waals surface area (Å²) in [6.07, 6.45) is 1.71. The van der Waals surface area contributed by atoms with Crippen LogP contribution in [0.3, 0.4) is 0 Å². The molecule has 2 aromatic rings. The minimum absolute atomic E-state index is 0.245. The molecule has 2 rings (SSSR count). The van der Waals surface area contributed by atoms with E-state index < -0.39 is 0 Å². The van der Waals surface area contributed by atoms with Crippen LogP contribution < -0.4 is 4.90 Å². The van der Waals surface area contributed by atoms with Gasteiger partial charge in [0.1, 0.15) is 5.52 Å². The van der Waals surface area contributed by atoms with Crippen molar-refractivity contribution in [1.29, 1.82) is 0 Å². The van der Waals surface area contributed by atoms with Crippen molar-refractivity contribution in [2.24, 2.45) is 0 Å². The van der Waals surface area contributed by atoms with Gasteiger partial charge in [-0.3, -0.25) is 4.98 Å². The van der Waals surface area contributed by atoms with Crippen molar-refractivity contribution < 1.29 is 0 Å². The molecule has 0 fully saturated rings. The zero-order chi connectivity index (χ0) is 10.1. The number of fused-ring (bicyclic) bond motifs is 1. The van der Waals surface area contributed by atoms with Gasteiger partial charge in [-0.2, -0.15) is 4.98 Å². The molecule has 0 amide bonds. The molecule has 0 saturated heterocycles. The monoisotopic (exact) mass is 208 g/mol. The second-order valence-electron chi connectivity index (χ2n) is 3.08. The summed E-state index contributed by atoms with van der Waals surface area (Å²) in [7, 11) is 3.79. The molecule has 0 aliphatic heterocycles. The van der Waals surface area contributed by atoms with Gasteiger partial charge in [0.15, 0.2) is 5.82 Å². The van der Waals surface area contributed by atoms with Gasteiger partial charge in [-0.05, 0) is 23.7 Å². The Morgan fingerprint density at radius 3 is 2.79 bits per heavy atom. The first-order valence-corrected chi connectivity index (χ1v) is 4.52. The van der Waals surface area contributed by atoms with E-state index in [4.69, 9.17) is 11.6 Å². The Kier molecular flexibility index (Phi) is 2.21. The van der Waals surface area contributed by atoms with Gasteiger partial charge in [0.2, 0.25) is 5.28 Å². The summed E-state index contributed by atoms with van der Waals surface area (Å²) < 4.78 is 0. The molecule has 4 nitrogen and oxygen atoms in total. The third-order valence-electron chi connectivity index (χ3n) is 1.83. The minimum atomic E-state index is 0.245. The Hall–Kier alpha value is -1.42. The van der Waals surface area contributed by atoms with Crippen molar-refractivity contribution in [2.75, 3.05) is 19.0 Å². The van der Waals surface area contributed by atoms with E-state index in [0.29, 0.717) is 0 Å². The van der Waals surface area contributed by atoms with Crippen LogP contribution in [0.25, 0.3) is 11.0 Å². The van der Waals surface area contributed by atoms with Crippen LogP contribution in [-0.2, 0) is 0 Å². The Bertz CT molecular complexity index is 469. The van der Waals surface area contributed by atoms with E-state index in [2.05, 4.69) is 15.0 Å². The predicted molar refractivity (Wildman–Crippen MR) is 56.7 cm³/mol. The number of nitrogens with zero attached hydrogens (tertiary/aromatic N) is 4. The van der Waals surface area contributed by atoms with Gasteiger partial charge in [0.25, 0.3) is 0 Å². The van der Waals surface area contributed by atoms with Crippen molar-refractivity contribution >= 4 is 28.5 Å². The molecule has 0 atom stereocenters. The molecule has 0 aromatic carbocycles. The highest BCUT2D eigenvalue weighted by atomic mass is 35.5. The molecule has 5 heteroatoms. The van der Waals surface area contributed by atoms with Crippen LogP contribution in [0.4, 0.5) is 5.82 Å². The lowest BCUT2D eigenvalue weighted by atomic mass is 10.3. The van der Waals surface area contributed by atoms with Crippen molar-refractivity contribution in [2.45, 2.75) is 0 Å². The second kappa shape index (κ2) is 3.38. The number of anilines is 1. The molecule has 0 bridgehead atoms. The molecule has 2 aromatic heterocycles. The van der Waals surface area contributed by atoms with E-state index in [-0.39, 0.29) is 5.28 Å². The van der Waals surface area contributed by atoms with Crippen molar-refractivity contribution in [1.82, 2.24) is 15.0 Å². The highest BCUT2D eigenvalue weighted by Gasteiger charge is 2.08. The summed E-state index contributed by atoms with van der Waals surface area (Å²) in [4.78, 5) is 14.3. The lowest BCUT2D eigenvalue weighted by molar-refractivity contribution is 1.05. The van der Waals surface area contributed by atoms with Crippen LogP contribution in [0.1, 0.15) is 0 Å². The quantitative estimate of drug-likeness (QED) is 0.670. The molecule has 72 valence electrons. The highest BCUT2D eigenvalue weighted by Crippen LogP contribution is 2.20. The first-order valence-electron chi connectivity index (χ1n) is 4.14. The van der Waals surface area contributed by atoms with Gasteiger partial charge in [-0.15, -0.1) is 0 Å². The maximum absolute atomic E-state index is 5.79. The number of pyridine rings is 1. The van der Waals surface area contributed by atoms with Gasteiger partial charge >= 0.3 is 0 Å². The predicted octanol–water partition coefficient (Wildman–Crippen LogP) is 1.74. The second-order valence-corrected chi connectivity index (χ2v) is 3.42. The molecule has 2 heterocycles. The Balaban J connectivity index is 2.80. The number of rotatable bonds is 1. The van der Waals surface area contributed by atoms with Crippen molar-refractivity contribution in [3.8, 4) is 0 Å². The summed E-state index contributed by atoms with van der Waals surface area (Å²) in [6, 6.07) is 3.69. The van der Waals surface area contributed by atoms with Gasteiger partial charge < -0.3 is 4.90 Å². The van der Waals surface area contributed by atoms with E-state index in [1.54, 1.807) is 6.20 Å². The van der Waals surface area contributed by atoms with Crippen LogP contribution in [0, 0.1) is 0 Å². The highest BCUT2D eigenvalue weighted by molar-refractivity contribution is 6.28. The maximum atomic E-state index is 5.79. The Labute approximate surface area is 86.6 Å². The van der Waals surface area contributed by atoms with Crippen molar-refractivity contribution in [3.63, 3.8) is 0 Å². The van der Waals surface area contributed by atoms with Crippen LogP contribution in [0.5, 0.6) is 0 Å². The zero-order valence-electron chi connectivity index (χ0n) is 7.90. The lowest BCUT2D eigenvalue weighted by Gasteiger charge is -2.12. The molecule has 0 saturated carbocycles. The number of aromatic nitrogens is 3. The van der Waals surface area contributed by atoms with Crippen molar-refractivity contribution in [3.05, 3.63) is 23.6 Å². The van der Waals surface area contributed by atoms with Crippen LogP contribution in [0.2, 0.25) is 5.28 Å². The first kappa shape index (κ1) is 9.15. The molecule has 0 aliphatic rings. The molecular formula is C9H9ClN4. The summed E-state index contributed by atoms with van der Waals surface area (Å²) >= 11 is 5.79. The summed E-state index contributed by atoms with van der Waals surface area (Å²) in [5.74, 6) is 0.737. The molecule has 0 radical (unpaired) electrons. The molecule has 0 unspecified atom stereocenters. The van der Waals surface area contributed by atoms with E-state index in [1.165, 1.54) is 0 Å². The van der Waals surface area contributed by atoms with Crippen LogP contribution >= 0.6 is 11.6 Å². The van der Waals surface area contributed by atoms with Gasteiger partial charge in [0, 0.05) is 20.3 Å². The topological polar surface area (TPSA) is 41.9 Å². The number of halogens is 1. The summed E-state index contributed by atoms with van der Waals surface area (Å²) in [6.45, 7) is 0. The van der Waals surface area contributed by atoms with Gasteiger partial charge in [-0.1, -0.05) is 0 Å². The van der Waals surface area contributed by atoms with Gasteiger partial charge in [0.05, 0.1) is 5.52 Å². The summed E-state index contributed by atoms with van der Waals surface area (Å²) in [5, 5.41) is 0.245. The number of hydrogen-bond acceptors (Lipinski definition) is 4. The Morgan fingerprint density at radius 1 is 1.29 bits per heavy atom. The lowest BCUT2D eigenvalue weighted by Crippen LogP contribution is -2.12. The fourth-order valence-corrected chi connectivity index (χ4v) is 1.41. The smallest absolute Gasteiger partial charge is 0.225 e. The van der Waals surface area contributed by atoms with Gasteiger partial charge in [-0.25, -0.2) is 4.98 Å². The first-order chi connectivity index (χ1) is 6.68. The molecule has 14 heavy (non-hydrogen) atoms. The van der Waals surface area contributed by atoms with Crippen LogP contribution in [0.15, 0.2) is 18.3 Å². The van der Waals surface area contributed by atoms with E-state index in [1.807, 2.05) is 31.1 Å². The minimum Gasteiger partial charge on any atom is -0.361 e. The van der Waals surface area contributed by atoms with E-state index in [0.717, 1.165) is 16.9 Å². The zero-order valence-corrected chi connectivity index (χ0v) is 8.65. The fraction of sp³-hybridized carbons (Fsp3) is 0.222. The summed E-state index contributed by atoms with van der Waals surface area (Å²) in [5.41, 5.74) is 1.53. The SMILES string of the molecule is CN(C)c1nc(Cl)nc2cccnc12. The average Bonchev–Trinajstić information content (AvgIpc) is 2.16. The average molecular weight is 209 g/mol. The fourth-order valence-electron chi connectivity index (χ4n) is 1.24. The largest absolute Gasteiger partial charge is 0.361 e. The van der Waals surface area contributed by atoms with Crippen LogP contribution in [-0.4, -0.2) is 29.0 Å². The third kappa shape index (κ3) is 1.48. The molecule has 0 aliphatic carbocycles. The molecule has 0 N–H and O–H groups in total. The normalized spacial score (nSPS) is 10.5. The third-order valence-corrected chi connectivity index (χ3v) is 2.00. The Morgan fingerprint density at radius 2 is 2.07 bits per heavy atom. The number of hydrogen-bond donors (Lipinski definition) is 0.